The van der Waals surface area contributed by atoms with Crippen LogP contribution in [0.4, 0.5) is 0 Å². The molecule has 1 aromatic carbocycles. The second-order valence-corrected chi connectivity index (χ2v) is 6.70. The molecule has 0 aliphatic carbocycles. The quantitative estimate of drug-likeness (QED) is 0.628. The number of hydrogen-bond donors (Lipinski definition) is 1. The SMILES string of the molecule is CC(C)c1c(C(=O)NCCOc2cccc(Cl)c2)cnn1-c1ccccn1. The van der Waals surface area contributed by atoms with Gasteiger partial charge in [-0.25, -0.2) is 9.67 Å². The van der Waals surface area contributed by atoms with Gasteiger partial charge in [0.05, 0.1) is 24.0 Å². The number of nitrogens with one attached hydrogen (secondary N) is 1. The summed E-state index contributed by atoms with van der Waals surface area (Å²) in [7, 11) is 0. The van der Waals surface area contributed by atoms with E-state index in [0.717, 1.165) is 5.69 Å². The molecule has 2 heterocycles. The van der Waals surface area contributed by atoms with Crippen molar-refractivity contribution in [2.75, 3.05) is 13.2 Å². The molecule has 0 bridgehead atoms. The van der Waals surface area contributed by atoms with Gasteiger partial charge in [-0.2, -0.15) is 5.10 Å². The maximum Gasteiger partial charge on any atom is 0.254 e. The van der Waals surface area contributed by atoms with E-state index in [1.807, 2.05) is 44.2 Å². The van der Waals surface area contributed by atoms with Crippen molar-refractivity contribution in [3.63, 3.8) is 0 Å². The van der Waals surface area contributed by atoms with Crippen LogP contribution in [-0.2, 0) is 0 Å². The Morgan fingerprint density at radius 3 is 2.81 bits per heavy atom. The number of benzene rings is 1. The van der Waals surface area contributed by atoms with Crippen LogP contribution >= 0.6 is 11.6 Å². The van der Waals surface area contributed by atoms with Gasteiger partial charge in [-0.05, 0) is 36.2 Å². The minimum absolute atomic E-state index is 0.109. The van der Waals surface area contributed by atoms with E-state index in [9.17, 15) is 4.79 Å². The van der Waals surface area contributed by atoms with Crippen molar-refractivity contribution in [3.8, 4) is 11.6 Å². The van der Waals surface area contributed by atoms with E-state index in [2.05, 4.69) is 15.4 Å². The second-order valence-electron chi connectivity index (χ2n) is 6.26. The first-order valence-corrected chi connectivity index (χ1v) is 9.10. The van der Waals surface area contributed by atoms with Gasteiger partial charge >= 0.3 is 0 Å². The molecule has 1 N–H and O–H groups in total. The lowest BCUT2D eigenvalue weighted by Gasteiger charge is -2.12. The molecule has 0 spiro atoms. The maximum absolute atomic E-state index is 12.6. The van der Waals surface area contributed by atoms with E-state index in [1.54, 1.807) is 29.2 Å². The number of amides is 1. The van der Waals surface area contributed by atoms with Crippen LogP contribution in [0.5, 0.6) is 5.75 Å². The third kappa shape index (κ3) is 4.65. The highest BCUT2D eigenvalue weighted by Crippen LogP contribution is 2.22. The van der Waals surface area contributed by atoms with Crippen molar-refractivity contribution in [2.45, 2.75) is 19.8 Å². The fourth-order valence-corrected chi connectivity index (χ4v) is 2.92. The van der Waals surface area contributed by atoms with E-state index in [-0.39, 0.29) is 11.8 Å². The largest absolute Gasteiger partial charge is 0.492 e. The molecule has 0 atom stereocenters. The maximum atomic E-state index is 12.6. The van der Waals surface area contributed by atoms with Crippen molar-refractivity contribution in [1.82, 2.24) is 20.1 Å². The summed E-state index contributed by atoms with van der Waals surface area (Å²) < 4.78 is 7.31. The van der Waals surface area contributed by atoms with Crippen LogP contribution in [0.25, 0.3) is 5.82 Å². The molecule has 3 rings (SSSR count). The molecule has 2 aromatic heterocycles. The Bertz CT molecular complexity index is 909. The van der Waals surface area contributed by atoms with Gasteiger partial charge in [0.2, 0.25) is 0 Å². The molecule has 0 fully saturated rings. The number of hydrogen-bond acceptors (Lipinski definition) is 4. The molecule has 0 aliphatic rings. The summed E-state index contributed by atoms with van der Waals surface area (Å²) in [4.78, 5) is 16.9. The van der Waals surface area contributed by atoms with Crippen molar-refractivity contribution in [3.05, 3.63) is 71.1 Å². The fourth-order valence-electron chi connectivity index (χ4n) is 2.74. The number of carbonyl (C=O) groups excluding carboxylic acids is 1. The molecule has 3 aromatic rings. The summed E-state index contributed by atoms with van der Waals surface area (Å²) in [6, 6.07) is 12.7. The first-order chi connectivity index (χ1) is 13.1. The first-order valence-electron chi connectivity index (χ1n) is 8.72. The van der Waals surface area contributed by atoms with Crippen LogP contribution < -0.4 is 10.1 Å². The normalized spacial score (nSPS) is 10.8. The zero-order chi connectivity index (χ0) is 19.2. The van der Waals surface area contributed by atoms with Crippen molar-refractivity contribution < 1.29 is 9.53 Å². The summed E-state index contributed by atoms with van der Waals surface area (Å²) in [6.07, 6.45) is 3.28. The second kappa shape index (κ2) is 8.68. The Labute approximate surface area is 163 Å². The van der Waals surface area contributed by atoms with Crippen LogP contribution in [0.3, 0.4) is 0 Å². The molecule has 0 radical (unpaired) electrons. The Morgan fingerprint density at radius 1 is 1.26 bits per heavy atom. The summed E-state index contributed by atoms with van der Waals surface area (Å²) in [5, 5.41) is 7.85. The number of carbonyl (C=O) groups is 1. The third-order valence-electron chi connectivity index (χ3n) is 3.92. The highest BCUT2D eigenvalue weighted by atomic mass is 35.5. The Morgan fingerprint density at radius 2 is 2.11 bits per heavy atom. The van der Waals surface area contributed by atoms with Crippen molar-refractivity contribution >= 4 is 17.5 Å². The van der Waals surface area contributed by atoms with E-state index < -0.39 is 0 Å². The van der Waals surface area contributed by atoms with E-state index >= 15 is 0 Å². The summed E-state index contributed by atoms with van der Waals surface area (Å²) >= 11 is 5.92. The molecule has 6 nitrogen and oxygen atoms in total. The number of ether oxygens (including phenoxy) is 1. The predicted molar refractivity (Wildman–Crippen MR) is 105 cm³/mol. The molecule has 0 saturated heterocycles. The Balaban J connectivity index is 1.65. The van der Waals surface area contributed by atoms with Crippen molar-refractivity contribution in [2.24, 2.45) is 0 Å². The van der Waals surface area contributed by atoms with Crippen LogP contribution in [-0.4, -0.2) is 33.8 Å². The van der Waals surface area contributed by atoms with Gasteiger partial charge in [0, 0.05) is 11.2 Å². The zero-order valence-corrected chi connectivity index (χ0v) is 16.0. The van der Waals surface area contributed by atoms with Gasteiger partial charge in [-0.1, -0.05) is 37.6 Å². The minimum Gasteiger partial charge on any atom is -0.492 e. The molecule has 0 aliphatic heterocycles. The van der Waals surface area contributed by atoms with Crippen LogP contribution in [0.2, 0.25) is 5.02 Å². The molecule has 0 saturated carbocycles. The Hall–Kier alpha value is -2.86. The average molecular weight is 385 g/mol. The molecule has 27 heavy (non-hydrogen) atoms. The average Bonchev–Trinajstić information content (AvgIpc) is 3.11. The van der Waals surface area contributed by atoms with Gasteiger partial charge in [0.15, 0.2) is 5.82 Å². The van der Waals surface area contributed by atoms with E-state index in [4.69, 9.17) is 16.3 Å². The van der Waals surface area contributed by atoms with E-state index in [0.29, 0.717) is 35.3 Å². The summed E-state index contributed by atoms with van der Waals surface area (Å²) in [5.41, 5.74) is 1.36. The lowest BCUT2D eigenvalue weighted by atomic mass is 10.1. The number of rotatable bonds is 7. The Kier molecular flexibility index (Phi) is 6.08. The number of halogens is 1. The smallest absolute Gasteiger partial charge is 0.254 e. The van der Waals surface area contributed by atoms with Gasteiger partial charge in [0.1, 0.15) is 12.4 Å². The molecule has 1 amide bonds. The number of pyridine rings is 1. The highest BCUT2D eigenvalue weighted by molar-refractivity contribution is 6.30. The monoisotopic (exact) mass is 384 g/mol. The van der Waals surface area contributed by atoms with Gasteiger partial charge in [0.25, 0.3) is 5.91 Å². The van der Waals surface area contributed by atoms with Crippen LogP contribution in [0, 0.1) is 0 Å². The van der Waals surface area contributed by atoms with Gasteiger partial charge < -0.3 is 10.1 Å². The molecular weight excluding hydrogens is 364 g/mol. The molecule has 140 valence electrons. The van der Waals surface area contributed by atoms with Gasteiger partial charge in [-0.15, -0.1) is 0 Å². The van der Waals surface area contributed by atoms with Crippen molar-refractivity contribution in [1.29, 1.82) is 0 Å². The minimum atomic E-state index is -0.185. The van der Waals surface area contributed by atoms with Crippen LogP contribution in [0.15, 0.2) is 54.9 Å². The number of nitrogens with zero attached hydrogens (tertiary/aromatic N) is 3. The highest BCUT2D eigenvalue weighted by Gasteiger charge is 2.21. The fraction of sp³-hybridized carbons (Fsp3) is 0.250. The predicted octanol–water partition coefficient (Wildman–Crippen LogP) is 3.85. The molecule has 0 unspecified atom stereocenters. The molecular formula is C20H21ClN4O2. The van der Waals surface area contributed by atoms with Gasteiger partial charge in [-0.3, -0.25) is 4.79 Å². The topological polar surface area (TPSA) is 69.0 Å². The molecule has 7 heteroatoms. The summed E-state index contributed by atoms with van der Waals surface area (Å²) in [6.45, 7) is 4.76. The third-order valence-corrected chi connectivity index (χ3v) is 4.15. The first kappa shape index (κ1) is 18.9. The zero-order valence-electron chi connectivity index (χ0n) is 15.2. The standard InChI is InChI=1S/C20H21ClN4O2/c1-14(2)19-17(13-24-25(19)18-8-3-4-9-22-18)20(26)23-10-11-27-16-7-5-6-15(21)12-16/h3-9,12-14H,10-11H2,1-2H3,(H,23,26). The van der Waals surface area contributed by atoms with Crippen LogP contribution in [0.1, 0.15) is 35.8 Å². The summed E-state index contributed by atoms with van der Waals surface area (Å²) in [5.74, 6) is 1.28. The lowest BCUT2D eigenvalue weighted by Crippen LogP contribution is -2.29. The lowest BCUT2D eigenvalue weighted by molar-refractivity contribution is 0.0945. The van der Waals surface area contributed by atoms with E-state index in [1.165, 1.54) is 0 Å². The number of aromatic nitrogens is 3.